The van der Waals surface area contributed by atoms with Gasteiger partial charge in [-0.05, 0) is 12.8 Å². The molecule has 1 unspecified atom stereocenters. The first-order chi connectivity index (χ1) is 3.79. The van der Waals surface area contributed by atoms with Crippen molar-refractivity contribution < 1.29 is 9.90 Å². The van der Waals surface area contributed by atoms with Crippen molar-refractivity contribution in [2.75, 3.05) is 0 Å². The van der Waals surface area contributed by atoms with Crippen LogP contribution >= 0.6 is 0 Å². The summed E-state index contributed by atoms with van der Waals surface area (Å²) in [6, 6.07) is 0. The molecule has 0 heterocycles. The molecule has 0 saturated heterocycles. The van der Waals surface area contributed by atoms with Crippen LogP contribution in [-0.4, -0.2) is 17.0 Å². The molecule has 45 valence electrons. The highest BCUT2D eigenvalue weighted by Crippen LogP contribution is 2.12. The molecule has 0 amide bonds. The van der Waals surface area contributed by atoms with Gasteiger partial charge in [-0.2, -0.15) is 0 Å². The highest BCUT2D eigenvalue weighted by atomic mass is 16.3. The third kappa shape index (κ3) is 1.30. The molecule has 0 aromatic rings. The third-order valence-electron chi connectivity index (χ3n) is 1.34. The smallest absolute Gasteiger partial charge is 0.133 e. The molecule has 1 saturated carbocycles. The molecular weight excluding hydrogens is 104 g/mol. The molecule has 8 heavy (non-hydrogen) atoms. The lowest BCUT2D eigenvalue weighted by molar-refractivity contribution is -0.120. The Morgan fingerprint density at radius 2 is 2.50 bits per heavy atom. The van der Waals surface area contributed by atoms with E-state index in [1.54, 1.807) is 6.42 Å². The largest absolute Gasteiger partial charge is 0.393 e. The Hall–Kier alpha value is -0.370. The minimum absolute atomic E-state index is 0.246. The second-order valence-electron chi connectivity index (χ2n) is 2.08. The Kier molecular flexibility index (Phi) is 1.63. The average molecular weight is 113 g/mol. The van der Waals surface area contributed by atoms with E-state index in [2.05, 4.69) is 0 Å². The predicted molar refractivity (Wildman–Crippen MR) is 29.2 cm³/mol. The lowest BCUT2D eigenvalue weighted by atomic mass is 9.97. The van der Waals surface area contributed by atoms with E-state index in [-0.39, 0.29) is 11.9 Å². The zero-order valence-corrected chi connectivity index (χ0v) is 4.63. The summed E-state index contributed by atoms with van der Waals surface area (Å²) in [6.07, 6.45) is 2.97. The lowest BCUT2D eigenvalue weighted by Crippen LogP contribution is -2.18. The molecule has 2 nitrogen and oxygen atoms in total. The van der Waals surface area contributed by atoms with E-state index in [4.69, 9.17) is 5.11 Å². The molecule has 1 aliphatic rings. The molecule has 1 atom stereocenters. The molecular formula is C6H9O2. The zero-order chi connectivity index (χ0) is 5.98. The summed E-state index contributed by atoms with van der Waals surface area (Å²) in [6.45, 7) is 0. The number of aliphatic hydroxyl groups is 1. The highest BCUT2D eigenvalue weighted by molar-refractivity contribution is 5.80. The third-order valence-corrected chi connectivity index (χ3v) is 1.34. The van der Waals surface area contributed by atoms with Gasteiger partial charge in [-0.25, -0.2) is 0 Å². The first-order valence-electron chi connectivity index (χ1n) is 2.82. The number of hydrogen-bond donors (Lipinski definition) is 1. The van der Waals surface area contributed by atoms with Gasteiger partial charge in [-0.15, -0.1) is 0 Å². The highest BCUT2D eigenvalue weighted by Gasteiger charge is 2.15. The van der Waals surface area contributed by atoms with Crippen LogP contribution in [0.4, 0.5) is 0 Å². The summed E-state index contributed by atoms with van der Waals surface area (Å²) >= 11 is 0. The number of Topliss-reactive ketones (excluding diaryl/α,β-unsaturated/α-hetero) is 1. The Labute approximate surface area is 48.5 Å². The van der Waals surface area contributed by atoms with E-state index >= 15 is 0 Å². The van der Waals surface area contributed by atoms with Gasteiger partial charge in [0.2, 0.25) is 0 Å². The summed E-state index contributed by atoms with van der Waals surface area (Å²) in [4.78, 5) is 10.5. The summed E-state index contributed by atoms with van der Waals surface area (Å²) < 4.78 is 0. The molecule has 0 spiro atoms. The van der Waals surface area contributed by atoms with Crippen LogP contribution in [-0.2, 0) is 4.79 Å². The first kappa shape index (κ1) is 5.76. The molecule has 2 heteroatoms. The van der Waals surface area contributed by atoms with Crippen LogP contribution in [0.5, 0.6) is 0 Å². The summed E-state index contributed by atoms with van der Waals surface area (Å²) in [5.41, 5.74) is 0. The quantitative estimate of drug-likeness (QED) is 0.490. The average Bonchev–Trinajstić information content (AvgIpc) is 1.77. The number of carbonyl (C=O) groups is 1. The maximum Gasteiger partial charge on any atom is 0.133 e. The summed E-state index contributed by atoms with van der Waals surface area (Å²) in [5.74, 6) is 0.246. The molecule has 1 rings (SSSR count). The lowest BCUT2D eigenvalue weighted by Gasteiger charge is -2.13. The fourth-order valence-electron chi connectivity index (χ4n) is 0.796. The van der Waals surface area contributed by atoms with Crippen molar-refractivity contribution in [3.63, 3.8) is 0 Å². The van der Waals surface area contributed by atoms with Crippen LogP contribution in [0.25, 0.3) is 0 Å². The van der Waals surface area contributed by atoms with Crippen molar-refractivity contribution in [3.05, 3.63) is 6.42 Å². The predicted octanol–water partition coefficient (Wildman–Crippen LogP) is 0.305. The van der Waals surface area contributed by atoms with Gasteiger partial charge in [-0.1, -0.05) is 0 Å². The Morgan fingerprint density at radius 1 is 1.75 bits per heavy atom. The topological polar surface area (TPSA) is 37.3 Å². The molecule has 1 aliphatic carbocycles. The van der Waals surface area contributed by atoms with Crippen molar-refractivity contribution in [3.8, 4) is 0 Å². The minimum Gasteiger partial charge on any atom is -0.393 e. The molecule has 1 fully saturated rings. The monoisotopic (exact) mass is 113 g/mol. The van der Waals surface area contributed by atoms with E-state index in [0.717, 1.165) is 0 Å². The molecule has 0 aromatic carbocycles. The van der Waals surface area contributed by atoms with Crippen molar-refractivity contribution in [1.82, 2.24) is 0 Å². The van der Waals surface area contributed by atoms with Gasteiger partial charge >= 0.3 is 0 Å². The van der Waals surface area contributed by atoms with Gasteiger partial charge in [0.15, 0.2) is 0 Å². The van der Waals surface area contributed by atoms with E-state index in [1.807, 2.05) is 0 Å². The van der Waals surface area contributed by atoms with Crippen LogP contribution in [0.1, 0.15) is 19.3 Å². The molecule has 0 aromatic heterocycles. The Bertz CT molecular complexity index is 88.7. The van der Waals surface area contributed by atoms with Gasteiger partial charge in [0.1, 0.15) is 5.78 Å². The fourth-order valence-corrected chi connectivity index (χ4v) is 0.796. The van der Waals surface area contributed by atoms with Crippen molar-refractivity contribution >= 4 is 5.78 Å². The first-order valence-corrected chi connectivity index (χ1v) is 2.82. The van der Waals surface area contributed by atoms with E-state index < -0.39 is 0 Å². The van der Waals surface area contributed by atoms with Gasteiger partial charge < -0.3 is 5.11 Å². The van der Waals surface area contributed by atoms with Crippen molar-refractivity contribution in [2.24, 2.45) is 0 Å². The molecule has 0 aliphatic heterocycles. The summed E-state index contributed by atoms with van der Waals surface area (Å²) in [7, 11) is 0. The maximum absolute atomic E-state index is 10.5. The van der Waals surface area contributed by atoms with Crippen LogP contribution < -0.4 is 0 Å². The van der Waals surface area contributed by atoms with Gasteiger partial charge in [-0.3, -0.25) is 4.79 Å². The molecule has 1 radical (unpaired) electrons. The van der Waals surface area contributed by atoms with Crippen molar-refractivity contribution in [2.45, 2.75) is 25.4 Å². The normalized spacial score (nSPS) is 23.9. The number of carbonyl (C=O) groups excluding carboxylic acids is 1. The van der Waals surface area contributed by atoms with Crippen LogP contribution in [0.15, 0.2) is 0 Å². The second kappa shape index (κ2) is 2.27. The SMILES string of the molecule is O=C1C[CH]C(O)CC1. The minimum atomic E-state index is -0.326. The Morgan fingerprint density at radius 3 is 2.88 bits per heavy atom. The maximum atomic E-state index is 10.5. The Balaban J connectivity index is 2.29. The number of ketones is 1. The zero-order valence-electron chi connectivity index (χ0n) is 4.63. The molecule has 1 N–H and O–H groups in total. The van der Waals surface area contributed by atoms with E-state index in [1.165, 1.54) is 0 Å². The number of rotatable bonds is 0. The number of hydrogen-bond acceptors (Lipinski definition) is 2. The van der Waals surface area contributed by atoms with Crippen LogP contribution in [0.2, 0.25) is 0 Å². The molecule has 0 bridgehead atoms. The summed E-state index contributed by atoms with van der Waals surface area (Å²) in [5, 5.41) is 8.82. The van der Waals surface area contributed by atoms with E-state index in [0.29, 0.717) is 19.3 Å². The fraction of sp³-hybridized carbons (Fsp3) is 0.667. The number of aliphatic hydroxyl groups excluding tert-OH is 1. The van der Waals surface area contributed by atoms with E-state index in [9.17, 15) is 4.79 Å². The standard InChI is InChI=1S/C6H9O2/c7-5-1-2-6(8)4-3-5/h1,5,7H,2-4H2. The van der Waals surface area contributed by atoms with Gasteiger partial charge in [0.05, 0.1) is 6.10 Å². The van der Waals surface area contributed by atoms with Crippen LogP contribution in [0.3, 0.4) is 0 Å². The van der Waals surface area contributed by atoms with Crippen LogP contribution in [0, 0.1) is 6.42 Å². The second-order valence-corrected chi connectivity index (χ2v) is 2.08. The van der Waals surface area contributed by atoms with Gasteiger partial charge in [0, 0.05) is 12.8 Å². The van der Waals surface area contributed by atoms with Gasteiger partial charge in [0.25, 0.3) is 0 Å². The van der Waals surface area contributed by atoms with Crippen molar-refractivity contribution in [1.29, 1.82) is 0 Å².